The molecular weight excluding hydrogens is 252 g/mol. The molecule has 4 nitrogen and oxygen atoms in total. The normalized spacial score (nSPS) is 25.6. The lowest BCUT2D eigenvalue weighted by Gasteiger charge is -2.32. The third-order valence-corrected chi connectivity index (χ3v) is 4.66. The molecule has 0 amide bonds. The second-order valence-corrected chi connectivity index (χ2v) is 7.64. The van der Waals surface area contributed by atoms with Crippen LogP contribution in [0.2, 0.25) is 0 Å². The molecule has 0 radical (unpaired) electrons. The van der Waals surface area contributed by atoms with Crippen LogP contribution in [0, 0.1) is 5.41 Å². The predicted octanol–water partition coefficient (Wildman–Crippen LogP) is 1.53. The van der Waals surface area contributed by atoms with E-state index < -0.39 is 9.05 Å². The first kappa shape index (κ1) is 12.6. The summed E-state index contributed by atoms with van der Waals surface area (Å²) < 4.78 is 33.1. The van der Waals surface area contributed by atoms with Gasteiger partial charge in [-0.1, -0.05) is 12.8 Å². The summed E-state index contributed by atoms with van der Waals surface area (Å²) in [4.78, 5) is 0. The van der Waals surface area contributed by atoms with Gasteiger partial charge in [0.1, 0.15) is 6.10 Å². The SMILES string of the molecule is O=S(=O)(Cl)CC1(COC2COC2)CCCC1. The summed E-state index contributed by atoms with van der Waals surface area (Å²) in [6, 6.07) is 0. The Hall–Kier alpha value is 0.160. The molecule has 0 unspecified atom stereocenters. The van der Waals surface area contributed by atoms with Crippen molar-refractivity contribution in [1.82, 2.24) is 0 Å². The van der Waals surface area contributed by atoms with E-state index in [1.54, 1.807) is 0 Å². The molecule has 0 aromatic heterocycles. The van der Waals surface area contributed by atoms with E-state index in [9.17, 15) is 8.42 Å². The van der Waals surface area contributed by atoms with Gasteiger partial charge in [-0.15, -0.1) is 0 Å². The largest absolute Gasteiger partial charge is 0.376 e. The highest BCUT2D eigenvalue weighted by Crippen LogP contribution is 2.40. The van der Waals surface area contributed by atoms with E-state index in [1.807, 2.05) is 0 Å². The summed E-state index contributed by atoms with van der Waals surface area (Å²) in [5.74, 6) is 0.0368. The Balaban J connectivity index is 1.92. The molecule has 0 bridgehead atoms. The second kappa shape index (κ2) is 4.80. The molecule has 1 aliphatic heterocycles. The first-order valence-corrected chi connectivity index (χ1v) is 8.09. The molecule has 2 rings (SSSR count). The van der Waals surface area contributed by atoms with Crippen LogP contribution < -0.4 is 0 Å². The minimum absolute atomic E-state index is 0.0368. The number of rotatable bonds is 5. The van der Waals surface area contributed by atoms with E-state index in [0.29, 0.717) is 19.8 Å². The van der Waals surface area contributed by atoms with Crippen LogP contribution in [0.15, 0.2) is 0 Å². The lowest BCUT2D eigenvalue weighted by atomic mass is 9.90. The fourth-order valence-electron chi connectivity index (χ4n) is 2.43. The van der Waals surface area contributed by atoms with Crippen molar-refractivity contribution in [3.63, 3.8) is 0 Å². The smallest absolute Gasteiger partial charge is 0.233 e. The van der Waals surface area contributed by atoms with Gasteiger partial charge < -0.3 is 9.47 Å². The number of hydrogen-bond acceptors (Lipinski definition) is 4. The average Bonchev–Trinajstić information content (AvgIpc) is 2.47. The zero-order chi connectivity index (χ0) is 11.6. The number of ether oxygens (including phenoxy) is 2. The van der Waals surface area contributed by atoms with Gasteiger partial charge in [0, 0.05) is 16.1 Å². The minimum atomic E-state index is -3.44. The average molecular weight is 269 g/mol. The molecular formula is C10H17ClO4S. The molecule has 1 heterocycles. The fourth-order valence-corrected chi connectivity index (χ4v) is 4.22. The Morgan fingerprint density at radius 1 is 1.31 bits per heavy atom. The Morgan fingerprint density at radius 2 is 1.94 bits per heavy atom. The van der Waals surface area contributed by atoms with E-state index in [1.165, 1.54) is 0 Å². The van der Waals surface area contributed by atoms with E-state index in [2.05, 4.69) is 0 Å². The maximum Gasteiger partial charge on any atom is 0.233 e. The van der Waals surface area contributed by atoms with Crippen LogP contribution in [-0.2, 0) is 18.5 Å². The van der Waals surface area contributed by atoms with Crippen molar-refractivity contribution >= 4 is 19.7 Å². The Labute approximate surface area is 101 Å². The topological polar surface area (TPSA) is 52.6 Å². The lowest BCUT2D eigenvalue weighted by molar-refractivity contribution is -0.144. The molecule has 0 atom stereocenters. The van der Waals surface area contributed by atoms with Crippen molar-refractivity contribution in [2.24, 2.45) is 5.41 Å². The Bertz CT molecular complexity index is 331. The summed E-state index contributed by atoms with van der Waals surface area (Å²) in [5.41, 5.74) is -0.254. The number of halogens is 1. The molecule has 0 aromatic rings. The van der Waals surface area contributed by atoms with E-state index in [-0.39, 0.29) is 17.3 Å². The molecule has 2 fully saturated rings. The maximum atomic E-state index is 11.2. The summed E-state index contributed by atoms with van der Waals surface area (Å²) in [5, 5.41) is 0. The molecule has 0 spiro atoms. The standard InChI is InChI=1S/C10H17ClO4S/c11-16(12,13)8-10(3-1-2-4-10)7-15-9-5-14-6-9/h9H,1-8H2. The van der Waals surface area contributed by atoms with Crippen LogP contribution >= 0.6 is 10.7 Å². The third-order valence-electron chi connectivity index (χ3n) is 3.38. The van der Waals surface area contributed by atoms with Crippen LogP contribution in [0.25, 0.3) is 0 Å². The fraction of sp³-hybridized carbons (Fsp3) is 1.00. The van der Waals surface area contributed by atoms with Crippen LogP contribution in [0.3, 0.4) is 0 Å². The monoisotopic (exact) mass is 268 g/mol. The highest BCUT2D eigenvalue weighted by atomic mass is 35.7. The minimum Gasteiger partial charge on any atom is -0.376 e. The van der Waals surface area contributed by atoms with Gasteiger partial charge in [-0.05, 0) is 12.8 Å². The molecule has 94 valence electrons. The van der Waals surface area contributed by atoms with Crippen molar-refractivity contribution < 1.29 is 17.9 Å². The molecule has 1 saturated carbocycles. The van der Waals surface area contributed by atoms with Crippen LogP contribution in [0.4, 0.5) is 0 Å². The zero-order valence-corrected chi connectivity index (χ0v) is 10.7. The summed E-state index contributed by atoms with van der Waals surface area (Å²) in [7, 11) is 1.92. The van der Waals surface area contributed by atoms with Crippen molar-refractivity contribution in [1.29, 1.82) is 0 Å². The van der Waals surface area contributed by atoms with Crippen molar-refractivity contribution in [3.8, 4) is 0 Å². The van der Waals surface area contributed by atoms with E-state index in [0.717, 1.165) is 25.7 Å². The molecule has 16 heavy (non-hydrogen) atoms. The Morgan fingerprint density at radius 3 is 2.38 bits per heavy atom. The van der Waals surface area contributed by atoms with Gasteiger partial charge in [0.15, 0.2) is 0 Å². The Kier molecular flexibility index (Phi) is 3.79. The highest BCUT2D eigenvalue weighted by molar-refractivity contribution is 8.13. The highest BCUT2D eigenvalue weighted by Gasteiger charge is 2.39. The van der Waals surface area contributed by atoms with Gasteiger partial charge >= 0.3 is 0 Å². The summed E-state index contributed by atoms with van der Waals surface area (Å²) in [6.45, 7) is 1.75. The first-order valence-electron chi connectivity index (χ1n) is 5.61. The molecule has 0 aromatic carbocycles. The summed E-state index contributed by atoms with van der Waals surface area (Å²) in [6.07, 6.45) is 4.07. The summed E-state index contributed by atoms with van der Waals surface area (Å²) >= 11 is 0. The molecule has 2 aliphatic rings. The second-order valence-electron chi connectivity index (χ2n) is 4.86. The van der Waals surface area contributed by atoms with Gasteiger partial charge in [-0.2, -0.15) is 0 Å². The molecule has 1 aliphatic carbocycles. The molecule has 1 saturated heterocycles. The predicted molar refractivity (Wildman–Crippen MR) is 61.1 cm³/mol. The van der Waals surface area contributed by atoms with E-state index >= 15 is 0 Å². The van der Waals surface area contributed by atoms with Crippen LogP contribution in [0.1, 0.15) is 25.7 Å². The third kappa shape index (κ3) is 3.32. The van der Waals surface area contributed by atoms with Gasteiger partial charge in [-0.3, -0.25) is 0 Å². The molecule has 0 N–H and O–H groups in total. The maximum absolute atomic E-state index is 11.2. The zero-order valence-electron chi connectivity index (χ0n) is 9.15. The van der Waals surface area contributed by atoms with Gasteiger partial charge in [0.05, 0.1) is 25.6 Å². The van der Waals surface area contributed by atoms with Gasteiger partial charge in [0.2, 0.25) is 9.05 Å². The number of hydrogen-bond donors (Lipinski definition) is 0. The quantitative estimate of drug-likeness (QED) is 0.710. The van der Waals surface area contributed by atoms with Gasteiger partial charge in [0.25, 0.3) is 0 Å². The van der Waals surface area contributed by atoms with Crippen LogP contribution in [0.5, 0.6) is 0 Å². The van der Waals surface area contributed by atoms with E-state index in [4.69, 9.17) is 20.2 Å². The van der Waals surface area contributed by atoms with Crippen molar-refractivity contribution in [3.05, 3.63) is 0 Å². The van der Waals surface area contributed by atoms with Gasteiger partial charge in [-0.25, -0.2) is 8.42 Å². The lowest BCUT2D eigenvalue weighted by Crippen LogP contribution is -2.40. The van der Waals surface area contributed by atoms with Crippen molar-refractivity contribution in [2.75, 3.05) is 25.6 Å². The van der Waals surface area contributed by atoms with Crippen LogP contribution in [-0.4, -0.2) is 40.1 Å². The molecule has 6 heteroatoms. The van der Waals surface area contributed by atoms with Crippen molar-refractivity contribution in [2.45, 2.75) is 31.8 Å². The first-order chi connectivity index (χ1) is 7.49.